The predicted octanol–water partition coefficient (Wildman–Crippen LogP) is 7.92. The third kappa shape index (κ3) is 9.07. The van der Waals surface area contributed by atoms with Crippen molar-refractivity contribution < 1.29 is 18.3 Å². The van der Waals surface area contributed by atoms with Crippen molar-refractivity contribution in [2.45, 2.75) is 60.3 Å². The zero-order valence-corrected chi connectivity index (χ0v) is 24.3. The van der Waals surface area contributed by atoms with E-state index in [4.69, 9.17) is 13.8 Å². The van der Waals surface area contributed by atoms with Crippen LogP contribution in [0.15, 0.2) is 42.6 Å². The van der Waals surface area contributed by atoms with Crippen LogP contribution in [-0.2, 0) is 13.6 Å². The highest BCUT2D eigenvalue weighted by molar-refractivity contribution is 7.53. The van der Waals surface area contributed by atoms with Gasteiger partial charge in [-0.05, 0) is 62.9 Å². The van der Waals surface area contributed by atoms with Gasteiger partial charge in [0.2, 0.25) is 5.95 Å². The topological polar surface area (TPSA) is 118 Å². The monoisotopic (exact) mass is 551 g/mol. The number of rotatable bonds is 15. The maximum atomic E-state index is 13.3. The lowest BCUT2D eigenvalue weighted by Gasteiger charge is -2.19. The Morgan fingerprint density at radius 2 is 1.62 bits per heavy atom. The van der Waals surface area contributed by atoms with Crippen LogP contribution >= 0.6 is 7.60 Å². The van der Waals surface area contributed by atoms with Crippen molar-refractivity contribution in [3.05, 3.63) is 64.8 Å². The second-order valence-electron chi connectivity index (χ2n) is 9.37. The number of unbranched alkanes of at least 4 members (excludes halogenated alkanes) is 2. The van der Waals surface area contributed by atoms with Gasteiger partial charge in [0, 0.05) is 23.6 Å². The summed E-state index contributed by atoms with van der Waals surface area (Å²) in [4.78, 5) is 8.91. The van der Waals surface area contributed by atoms with Gasteiger partial charge in [0.15, 0.2) is 6.35 Å². The smallest absolute Gasteiger partial charge is 0.367 e. The van der Waals surface area contributed by atoms with E-state index in [1.165, 1.54) is 5.56 Å². The third-order valence-electron chi connectivity index (χ3n) is 5.89. The summed E-state index contributed by atoms with van der Waals surface area (Å²) in [5.41, 5.74) is 5.38. The predicted molar refractivity (Wildman–Crippen MR) is 155 cm³/mol. The van der Waals surface area contributed by atoms with Gasteiger partial charge >= 0.3 is 7.60 Å². The lowest BCUT2D eigenvalue weighted by Crippen LogP contribution is -2.08. The van der Waals surface area contributed by atoms with Crippen LogP contribution in [0.2, 0.25) is 0 Å². The summed E-state index contributed by atoms with van der Waals surface area (Å²) in [7, 11) is -3.49. The van der Waals surface area contributed by atoms with Gasteiger partial charge in [0.1, 0.15) is 17.6 Å². The first-order valence-electron chi connectivity index (χ1n) is 13.3. The summed E-state index contributed by atoms with van der Waals surface area (Å²) in [6.45, 7) is 10.9. The van der Waals surface area contributed by atoms with Crippen LogP contribution in [0.1, 0.15) is 61.8 Å². The van der Waals surface area contributed by atoms with Crippen LogP contribution in [0.4, 0.5) is 23.1 Å². The molecule has 0 fully saturated rings. The molecule has 2 aromatic carbocycles. The van der Waals surface area contributed by atoms with E-state index in [1.807, 2.05) is 13.8 Å². The van der Waals surface area contributed by atoms with Crippen molar-refractivity contribution in [1.29, 1.82) is 5.26 Å². The van der Waals surface area contributed by atoms with E-state index < -0.39 is 7.60 Å². The molecule has 1 aromatic heterocycles. The zero-order valence-electron chi connectivity index (χ0n) is 23.4. The maximum absolute atomic E-state index is 13.3. The van der Waals surface area contributed by atoms with Gasteiger partial charge in [-0.1, -0.05) is 44.4 Å². The summed E-state index contributed by atoms with van der Waals surface area (Å²) in [6.07, 6.45) is 4.72. The van der Waals surface area contributed by atoms with Crippen molar-refractivity contribution in [3.63, 3.8) is 0 Å². The first-order valence-corrected chi connectivity index (χ1v) is 15.0. The minimum absolute atomic E-state index is 0.265. The number of nitrogens with one attached hydrogen (secondary N) is 2. The van der Waals surface area contributed by atoms with Crippen LogP contribution < -0.4 is 15.4 Å². The Kier molecular flexibility index (Phi) is 11.3. The lowest BCUT2D eigenvalue weighted by atomic mass is 10.1. The molecule has 3 aromatic rings. The number of nitrogens with zero attached hydrogens (tertiary/aromatic N) is 3. The first-order chi connectivity index (χ1) is 18.8. The van der Waals surface area contributed by atoms with E-state index in [2.05, 4.69) is 59.6 Å². The van der Waals surface area contributed by atoms with E-state index in [1.54, 1.807) is 30.5 Å². The normalized spacial score (nSPS) is 11.2. The van der Waals surface area contributed by atoms with E-state index in [0.717, 1.165) is 42.5 Å². The van der Waals surface area contributed by atoms with Gasteiger partial charge in [-0.25, -0.2) is 4.98 Å². The van der Waals surface area contributed by atoms with Gasteiger partial charge in [-0.15, -0.1) is 0 Å². The average Bonchev–Trinajstić information content (AvgIpc) is 2.90. The van der Waals surface area contributed by atoms with E-state index in [0.29, 0.717) is 36.2 Å². The summed E-state index contributed by atoms with van der Waals surface area (Å²) in [6, 6.07) is 13.2. The summed E-state index contributed by atoms with van der Waals surface area (Å²) < 4.78 is 30.3. The van der Waals surface area contributed by atoms with Crippen molar-refractivity contribution in [3.8, 4) is 11.8 Å². The molecule has 208 valence electrons. The fourth-order valence-corrected chi connectivity index (χ4v) is 5.23. The number of benzene rings is 2. The molecule has 39 heavy (non-hydrogen) atoms. The van der Waals surface area contributed by atoms with Gasteiger partial charge < -0.3 is 24.4 Å². The number of aryl methyl sites for hydroxylation is 3. The van der Waals surface area contributed by atoms with Gasteiger partial charge in [-0.2, -0.15) is 10.2 Å². The number of nitriles is 1. The average molecular weight is 552 g/mol. The molecular weight excluding hydrogens is 513 g/mol. The number of hydrogen-bond acceptors (Lipinski definition) is 9. The zero-order chi connectivity index (χ0) is 28.3. The number of hydrogen-bond donors (Lipinski definition) is 2. The van der Waals surface area contributed by atoms with Crippen LogP contribution in [0.25, 0.3) is 0 Å². The highest BCUT2D eigenvalue weighted by Crippen LogP contribution is 2.49. The van der Waals surface area contributed by atoms with E-state index in [9.17, 15) is 9.83 Å². The molecule has 0 aliphatic rings. The Balaban J connectivity index is 1.75. The minimum atomic E-state index is -3.49. The quantitative estimate of drug-likeness (QED) is 0.143. The molecule has 0 spiro atoms. The molecule has 0 saturated carbocycles. The molecule has 0 bridgehead atoms. The van der Waals surface area contributed by atoms with Crippen LogP contribution in [-0.4, -0.2) is 29.5 Å². The molecule has 0 saturated heterocycles. The van der Waals surface area contributed by atoms with Gasteiger partial charge in [0.25, 0.3) is 0 Å². The second kappa shape index (κ2) is 14.6. The maximum Gasteiger partial charge on any atom is 0.367 e. The molecule has 1 heterocycles. The Labute approximate surface area is 231 Å². The highest BCUT2D eigenvalue weighted by Gasteiger charge is 2.26. The summed E-state index contributed by atoms with van der Waals surface area (Å²) in [5, 5.41) is 16.1. The van der Waals surface area contributed by atoms with Crippen molar-refractivity contribution in [2.75, 3.05) is 30.2 Å². The molecule has 0 amide bonds. The largest absolute Gasteiger partial charge is 0.479 e. The Hall–Kier alpha value is -3.44. The van der Waals surface area contributed by atoms with Crippen LogP contribution in [0.3, 0.4) is 0 Å². The number of ether oxygens (including phenoxy) is 1. The molecule has 0 atom stereocenters. The third-order valence-corrected chi connectivity index (χ3v) is 7.49. The molecule has 0 aliphatic carbocycles. The number of aromatic nitrogens is 2. The van der Waals surface area contributed by atoms with Gasteiger partial charge in [-0.3, -0.25) is 4.57 Å². The Bertz CT molecular complexity index is 1300. The molecule has 0 aliphatic heterocycles. The molecule has 2 N–H and O–H groups in total. The summed E-state index contributed by atoms with van der Waals surface area (Å²) in [5.74, 6) is 1.28. The SMILES string of the molecule is CCCCOP(=O)(COc1cc(Nc2nccc(Nc3c(C)cc(C)cc3C)n2)ccc1C#N)OCCCC. The molecule has 0 radical (unpaired) electrons. The minimum Gasteiger partial charge on any atom is -0.479 e. The van der Waals surface area contributed by atoms with Gasteiger partial charge in [0.05, 0.1) is 18.8 Å². The van der Waals surface area contributed by atoms with Crippen molar-refractivity contribution >= 4 is 30.7 Å². The molecule has 10 heteroatoms. The first kappa shape index (κ1) is 30.1. The second-order valence-corrected chi connectivity index (χ2v) is 11.4. The van der Waals surface area contributed by atoms with Crippen molar-refractivity contribution in [1.82, 2.24) is 9.97 Å². The molecular formula is C29H38N5O4P. The Morgan fingerprint density at radius 3 is 2.23 bits per heavy atom. The molecule has 0 unspecified atom stereocenters. The van der Waals surface area contributed by atoms with Crippen LogP contribution in [0.5, 0.6) is 5.75 Å². The fourth-order valence-electron chi connectivity index (χ4n) is 3.89. The van der Waals surface area contributed by atoms with Crippen LogP contribution in [0, 0.1) is 32.1 Å². The van der Waals surface area contributed by atoms with E-state index >= 15 is 0 Å². The molecule has 3 rings (SSSR count). The number of anilines is 4. The lowest BCUT2D eigenvalue weighted by molar-refractivity contribution is 0.180. The standard InChI is InChI=1S/C29H38N5O4P/c1-6-8-14-37-39(35,38-15-9-7-2)20-36-26-18-25(11-10-24(26)19-30)32-29-31-13-12-27(34-29)33-28-22(4)16-21(3)17-23(28)5/h10-13,16-18H,6-9,14-15,20H2,1-5H3,(H2,31,32,33,34). The van der Waals surface area contributed by atoms with Crippen molar-refractivity contribution in [2.24, 2.45) is 0 Å². The fraction of sp³-hybridized carbons (Fsp3) is 0.414. The highest BCUT2D eigenvalue weighted by atomic mass is 31.2. The molecule has 9 nitrogen and oxygen atoms in total. The Morgan fingerprint density at radius 1 is 0.949 bits per heavy atom. The van der Waals surface area contributed by atoms with E-state index in [-0.39, 0.29) is 12.1 Å². The summed E-state index contributed by atoms with van der Waals surface area (Å²) >= 11 is 0.